The van der Waals surface area contributed by atoms with E-state index in [2.05, 4.69) is 10.3 Å². The van der Waals surface area contributed by atoms with Crippen molar-refractivity contribution in [3.63, 3.8) is 0 Å². The molecule has 4 aromatic rings. The smallest absolute Gasteiger partial charge is 0.244 e. The lowest BCUT2D eigenvalue weighted by molar-refractivity contribution is -0.116. The number of rotatable bonds is 5. The number of carbonyl (C=O) groups is 2. The van der Waals surface area contributed by atoms with Crippen LogP contribution in [0.4, 0.5) is 18.9 Å². The Morgan fingerprint density at radius 3 is 2.39 bits per heavy atom. The van der Waals surface area contributed by atoms with E-state index in [0.29, 0.717) is 5.69 Å². The molecule has 6 nitrogen and oxygen atoms in total. The van der Waals surface area contributed by atoms with Gasteiger partial charge in [0.15, 0.2) is 17.4 Å². The molecule has 1 amide bonds. The molecule has 0 spiro atoms. The van der Waals surface area contributed by atoms with Gasteiger partial charge in [0.2, 0.25) is 11.3 Å². The van der Waals surface area contributed by atoms with Crippen molar-refractivity contribution < 1.29 is 22.8 Å². The maximum Gasteiger partial charge on any atom is 0.244 e. The predicted molar refractivity (Wildman–Crippen MR) is 116 cm³/mol. The molecule has 0 radical (unpaired) electrons. The molecule has 4 rings (SSSR count). The first kappa shape index (κ1) is 21.9. The number of halogens is 3. The number of fused-ring (bicyclic) bond motifs is 1. The number of anilines is 1. The quantitative estimate of drug-likeness (QED) is 0.466. The molecule has 9 heteroatoms. The van der Waals surface area contributed by atoms with Gasteiger partial charge >= 0.3 is 0 Å². The van der Waals surface area contributed by atoms with E-state index in [1.807, 2.05) is 0 Å². The van der Waals surface area contributed by atoms with Crippen molar-refractivity contribution in [2.45, 2.75) is 13.5 Å². The summed E-state index contributed by atoms with van der Waals surface area (Å²) in [5, 5.41) is 2.56. The van der Waals surface area contributed by atoms with Crippen LogP contribution < -0.4 is 10.7 Å². The van der Waals surface area contributed by atoms with Crippen LogP contribution in [0.15, 0.2) is 65.6 Å². The minimum Gasteiger partial charge on any atom is -0.324 e. The number of hydrogen-bond acceptors (Lipinski definition) is 4. The topological polar surface area (TPSA) is 81.1 Å². The summed E-state index contributed by atoms with van der Waals surface area (Å²) in [4.78, 5) is 42.9. The Labute approximate surface area is 185 Å². The van der Waals surface area contributed by atoms with Gasteiger partial charge in [0, 0.05) is 29.2 Å². The van der Waals surface area contributed by atoms with Crippen molar-refractivity contribution in [3.8, 4) is 0 Å². The monoisotopic (exact) mass is 451 g/mol. The van der Waals surface area contributed by atoms with E-state index in [1.165, 1.54) is 35.0 Å². The molecule has 0 fully saturated rings. The normalized spacial score (nSPS) is 10.9. The molecular formula is C24H16F3N3O3. The second-order valence-electron chi connectivity index (χ2n) is 7.34. The number of nitrogens with zero attached hydrogens (tertiary/aromatic N) is 2. The van der Waals surface area contributed by atoms with E-state index in [-0.39, 0.29) is 34.4 Å². The molecule has 1 N–H and O–H groups in total. The highest BCUT2D eigenvalue weighted by molar-refractivity contribution is 6.10. The SMILES string of the molecule is Cc1ccc2c(=O)c(C(=O)c3ccc(F)cc3)cn(CC(=O)Nc3ccc(F)c(F)c3)c2n1. The van der Waals surface area contributed by atoms with Crippen molar-refractivity contribution in [3.05, 3.63) is 105 Å². The van der Waals surface area contributed by atoms with Gasteiger partial charge in [-0.1, -0.05) is 0 Å². The summed E-state index contributed by atoms with van der Waals surface area (Å²) in [5.74, 6) is -3.96. The van der Waals surface area contributed by atoms with Gasteiger partial charge in [-0.05, 0) is 55.5 Å². The van der Waals surface area contributed by atoms with Crippen LogP contribution in [0.25, 0.3) is 11.0 Å². The standard InChI is InChI=1S/C24H16F3N3O3/c1-13-2-8-17-23(33)18(22(32)14-3-5-15(25)6-4-14)11-30(24(17)28-13)12-21(31)29-16-7-9-19(26)20(27)10-16/h2-11H,12H2,1H3,(H,29,31). The predicted octanol–water partition coefficient (Wildman–Crippen LogP) is 3.99. The minimum atomic E-state index is -1.12. The lowest BCUT2D eigenvalue weighted by Gasteiger charge is -2.13. The number of carbonyl (C=O) groups excluding carboxylic acids is 2. The number of nitrogens with one attached hydrogen (secondary N) is 1. The van der Waals surface area contributed by atoms with Crippen molar-refractivity contribution in [1.29, 1.82) is 0 Å². The molecule has 0 aliphatic rings. The first-order valence-electron chi connectivity index (χ1n) is 9.79. The van der Waals surface area contributed by atoms with Gasteiger partial charge in [-0.3, -0.25) is 14.4 Å². The van der Waals surface area contributed by atoms with Gasteiger partial charge < -0.3 is 9.88 Å². The average molecular weight is 451 g/mol. The Morgan fingerprint density at radius 2 is 1.70 bits per heavy atom. The van der Waals surface area contributed by atoms with Gasteiger partial charge in [0.05, 0.1) is 10.9 Å². The summed E-state index contributed by atoms with van der Waals surface area (Å²) in [6, 6.07) is 10.7. The zero-order valence-corrected chi connectivity index (χ0v) is 17.2. The van der Waals surface area contributed by atoms with Crippen molar-refractivity contribution in [2.24, 2.45) is 0 Å². The van der Waals surface area contributed by atoms with Crippen LogP contribution >= 0.6 is 0 Å². The summed E-state index contributed by atoms with van der Waals surface area (Å²) >= 11 is 0. The number of ketones is 1. The van der Waals surface area contributed by atoms with E-state index in [9.17, 15) is 27.6 Å². The number of benzene rings is 2. The highest BCUT2D eigenvalue weighted by Crippen LogP contribution is 2.16. The minimum absolute atomic E-state index is 0.0380. The van der Waals surface area contributed by atoms with Crippen LogP contribution in [0.2, 0.25) is 0 Å². The number of aryl methyl sites for hydroxylation is 1. The van der Waals surface area contributed by atoms with Crippen LogP contribution in [-0.4, -0.2) is 21.2 Å². The van der Waals surface area contributed by atoms with Crippen LogP contribution in [0.3, 0.4) is 0 Å². The zero-order chi connectivity index (χ0) is 23.7. The second kappa shape index (κ2) is 8.70. The van der Waals surface area contributed by atoms with Gasteiger partial charge in [0.25, 0.3) is 0 Å². The van der Waals surface area contributed by atoms with Crippen molar-refractivity contribution in [1.82, 2.24) is 9.55 Å². The third-order valence-corrected chi connectivity index (χ3v) is 4.93. The van der Waals surface area contributed by atoms with Crippen LogP contribution in [0, 0.1) is 24.4 Å². The lowest BCUT2D eigenvalue weighted by Crippen LogP contribution is -2.25. The van der Waals surface area contributed by atoms with E-state index >= 15 is 0 Å². The molecule has 166 valence electrons. The molecule has 2 aromatic heterocycles. The zero-order valence-electron chi connectivity index (χ0n) is 17.2. The Hall–Kier alpha value is -4.27. The van der Waals surface area contributed by atoms with E-state index in [0.717, 1.165) is 24.3 Å². The van der Waals surface area contributed by atoms with Gasteiger partial charge in [0.1, 0.15) is 18.0 Å². The summed E-state index contributed by atoms with van der Waals surface area (Å²) in [6.07, 6.45) is 1.22. The Kier molecular flexibility index (Phi) is 5.78. The van der Waals surface area contributed by atoms with E-state index in [1.54, 1.807) is 13.0 Å². The molecule has 0 bridgehead atoms. The maximum absolute atomic E-state index is 13.4. The number of pyridine rings is 2. The molecule has 0 saturated heterocycles. The average Bonchev–Trinajstić information content (AvgIpc) is 2.78. The molecule has 0 saturated carbocycles. The first-order valence-corrected chi connectivity index (χ1v) is 9.79. The fraction of sp³-hybridized carbons (Fsp3) is 0.0833. The van der Waals surface area contributed by atoms with E-state index in [4.69, 9.17) is 0 Å². The largest absolute Gasteiger partial charge is 0.324 e. The summed E-state index contributed by atoms with van der Waals surface area (Å²) in [5.41, 5.74) is 0.0940. The number of aromatic nitrogens is 2. The Morgan fingerprint density at radius 1 is 0.970 bits per heavy atom. The molecule has 2 heterocycles. The molecule has 0 aliphatic heterocycles. The number of amides is 1. The summed E-state index contributed by atoms with van der Waals surface area (Å²) in [7, 11) is 0. The van der Waals surface area contributed by atoms with Crippen LogP contribution in [0.1, 0.15) is 21.6 Å². The molecular weight excluding hydrogens is 435 g/mol. The second-order valence-corrected chi connectivity index (χ2v) is 7.34. The Bertz CT molecular complexity index is 1460. The fourth-order valence-electron chi connectivity index (χ4n) is 3.33. The molecule has 2 aromatic carbocycles. The van der Waals surface area contributed by atoms with Gasteiger partial charge in [-0.2, -0.15) is 0 Å². The lowest BCUT2D eigenvalue weighted by atomic mass is 10.0. The summed E-state index contributed by atoms with van der Waals surface area (Å²) < 4.78 is 41.1. The fourth-order valence-corrected chi connectivity index (χ4v) is 3.33. The third kappa shape index (κ3) is 4.52. The summed E-state index contributed by atoms with van der Waals surface area (Å²) in [6.45, 7) is 1.34. The van der Waals surface area contributed by atoms with Crippen molar-refractivity contribution in [2.75, 3.05) is 5.32 Å². The third-order valence-electron chi connectivity index (χ3n) is 4.93. The van der Waals surface area contributed by atoms with Gasteiger partial charge in [-0.15, -0.1) is 0 Å². The first-order chi connectivity index (χ1) is 15.7. The highest BCUT2D eigenvalue weighted by Gasteiger charge is 2.19. The highest BCUT2D eigenvalue weighted by atomic mass is 19.2. The van der Waals surface area contributed by atoms with Crippen LogP contribution in [0.5, 0.6) is 0 Å². The number of hydrogen-bond donors (Lipinski definition) is 1. The molecule has 0 aliphatic carbocycles. The van der Waals surface area contributed by atoms with Crippen LogP contribution in [-0.2, 0) is 11.3 Å². The Balaban J connectivity index is 1.75. The van der Waals surface area contributed by atoms with Gasteiger partial charge in [-0.25, -0.2) is 18.2 Å². The maximum atomic E-state index is 13.4. The molecule has 0 unspecified atom stereocenters. The molecule has 33 heavy (non-hydrogen) atoms. The molecule has 0 atom stereocenters. The van der Waals surface area contributed by atoms with E-state index < -0.39 is 34.6 Å². The van der Waals surface area contributed by atoms with Crippen molar-refractivity contribution >= 4 is 28.4 Å².